The number of aromatic nitrogens is 1. The van der Waals surface area contributed by atoms with Crippen molar-refractivity contribution in [1.29, 1.82) is 0 Å². The Morgan fingerprint density at radius 1 is 1.05 bits per heavy atom. The molecule has 1 heterocycles. The van der Waals surface area contributed by atoms with Crippen LogP contribution < -0.4 is 103 Å². The minimum absolute atomic E-state index is 0. The Labute approximate surface area is 205 Å². The van der Waals surface area contributed by atoms with Crippen molar-refractivity contribution in [2.45, 2.75) is 0 Å². The zero-order valence-corrected chi connectivity index (χ0v) is 17.9. The third-order valence-corrected chi connectivity index (χ3v) is 0.884. The first-order valence-corrected chi connectivity index (χ1v) is 3.60. The summed E-state index contributed by atoms with van der Waals surface area (Å²) in [5.74, 6) is -0.990. The quantitative estimate of drug-likeness (QED) is 0.181. The summed E-state index contributed by atoms with van der Waals surface area (Å²) in [4.78, 5) is 13.7. The van der Waals surface area contributed by atoms with Gasteiger partial charge in [-0.25, -0.2) is 9.78 Å². The molecule has 13 heteroatoms. The molecular weight excluding hydrogens is 359 g/mol. The van der Waals surface area contributed by atoms with Gasteiger partial charge in [0.25, 0.3) is 0 Å². The topological polar surface area (TPSA) is 211 Å². The number of hydrogen-bond acceptors (Lipinski definition) is 7. The van der Waals surface area contributed by atoms with Gasteiger partial charge < -0.3 is 18.9 Å². The number of nitrogens with zero attached hydrogens (tertiary/aromatic N) is 1. The summed E-state index contributed by atoms with van der Waals surface area (Å²) in [5.41, 5.74) is 0.0810. The van der Waals surface area contributed by atoms with Gasteiger partial charge in [0.1, 0.15) is 5.69 Å². The van der Waals surface area contributed by atoms with Gasteiger partial charge in [-0.2, -0.15) is 0 Å². The van der Waals surface area contributed by atoms with Crippen LogP contribution in [0, 0.1) is 0 Å². The van der Waals surface area contributed by atoms with E-state index in [0.29, 0.717) is 0 Å². The van der Waals surface area contributed by atoms with Crippen LogP contribution in [0.3, 0.4) is 0 Å². The van der Waals surface area contributed by atoms with E-state index in [9.17, 15) is 4.79 Å². The van der Waals surface area contributed by atoms with Crippen molar-refractivity contribution in [3.63, 3.8) is 0 Å². The molecule has 0 radical (unpaired) electrons. The molecule has 0 saturated carbocycles. The fourth-order valence-electron chi connectivity index (χ4n) is 0.489. The van der Waals surface area contributed by atoms with Crippen LogP contribution in [0.15, 0.2) is 24.4 Å². The van der Waals surface area contributed by atoms with Gasteiger partial charge in [-0.1, -0.05) is 6.07 Å². The van der Waals surface area contributed by atoms with E-state index < -0.39 is 5.97 Å². The van der Waals surface area contributed by atoms with E-state index >= 15 is 0 Å². The van der Waals surface area contributed by atoms with Crippen molar-refractivity contribution < 1.29 is 169 Å². The molecule has 0 aliphatic heterocycles. The van der Waals surface area contributed by atoms with Crippen LogP contribution in [0.2, 0.25) is 0 Å². The van der Waals surface area contributed by atoms with Crippen molar-refractivity contribution >= 4 is 5.97 Å². The summed E-state index contributed by atoms with van der Waals surface area (Å²) in [5, 5.41) is 32.3. The molecule has 0 aliphatic rings. The molecule has 0 atom stereocenters. The summed E-state index contributed by atoms with van der Waals surface area (Å²) in [6.07, 6.45) is 1.45. The van der Waals surface area contributed by atoms with Crippen molar-refractivity contribution in [1.82, 2.24) is 4.98 Å². The second-order valence-electron chi connectivity index (χ2n) is 1.52. The predicted octanol–water partition coefficient (Wildman–Crippen LogP) is -6.72. The third kappa shape index (κ3) is 33.1. The van der Waals surface area contributed by atoms with E-state index in [1.54, 1.807) is 12.1 Å². The van der Waals surface area contributed by atoms with E-state index in [1.807, 2.05) is 0 Å². The summed E-state index contributed by atoms with van der Waals surface area (Å²) < 4.78 is 8.19. The zero-order valence-electron chi connectivity index (χ0n) is 12.3. The fourth-order valence-corrected chi connectivity index (χ4v) is 0.489. The Morgan fingerprint density at radius 2 is 1.42 bits per heavy atom. The molecule has 1 aromatic rings. The van der Waals surface area contributed by atoms with E-state index in [2.05, 4.69) is 4.98 Å². The molecule has 19 heavy (non-hydrogen) atoms. The average molecular weight is 374 g/mol. The summed E-state index contributed by atoms with van der Waals surface area (Å²) in [7, 11) is 0. The van der Waals surface area contributed by atoms with Gasteiger partial charge >= 0.3 is 130 Å². The van der Waals surface area contributed by atoms with Crippen LogP contribution in [-0.2, 0) is 21.0 Å². The SMILES string of the molecule is O.O.O=C(O)c1ccccn1.OO.OO.[H-].[H-].[K+].[K+].[O]=[V]. The van der Waals surface area contributed by atoms with E-state index in [4.69, 9.17) is 29.8 Å². The Kier molecular flexibility index (Phi) is 96.4. The third-order valence-electron chi connectivity index (χ3n) is 0.884. The van der Waals surface area contributed by atoms with Gasteiger partial charge in [-0.05, 0) is 12.1 Å². The second kappa shape index (κ2) is 42.7. The van der Waals surface area contributed by atoms with Gasteiger partial charge in [0.05, 0.1) is 0 Å². The molecule has 9 N–H and O–H groups in total. The monoisotopic (exact) mass is 374 g/mol. The summed E-state index contributed by atoms with van der Waals surface area (Å²) in [6.45, 7) is 0. The number of pyridine rings is 1. The molecule has 105 valence electrons. The molecule has 0 aliphatic carbocycles. The first-order valence-electron chi connectivity index (χ1n) is 3.03. The molecule has 0 fully saturated rings. The molecule has 10 nitrogen and oxygen atoms in total. The van der Waals surface area contributed by atoms with Gasteiger partial charge in [0, 0.05) is 6.20 Å². The molecule has 1 aromatic heterocycles. The van der Waals surface area contributed by atoms with E-state index in [-0.39, 0.29) is 122 Å². The molecule has 0 unspecified atom stereocenters. The number of carboxylic acid groups (broad SMARTS) is 1. The molecule has 0 spiro atoms. The number of aromatic carboxylic acids is 1. The van der Waals surface area contributed by atoms with Crippen molar-refractivity contribution in [3.05, 3.63) is 30.1 Å². The van der Waals surface area contributed by atoms with Crippen LogP contribution >= 0.6 is 0 Å². The Hall–Kier alpha value is 2.04. The fraction of sp³-hybridized carbons (Fsp3) is 0. The predicted molar refractivity (Wildman–Crippen MR) is 51.8 cm³/mol. The average Bonchev–Trinajstić information content (AvgIpc) is 2.38. The Bertz CT molecular complexity index is 253. The van der Waals surface area contributed by atoms with Gasteiger partial charge in [0.15, 0.2) is 0 Å². The Balaban J connectivity index is -0.0000000156. The van der Waals surface area contributed by atoms with Crippen LogP contribution in [0.25, 0.3) is 0 Å². The molecule has 0 aromatic carbocycles. The molecular formula is C6H15K2NO9V. The summed E-state index contributed by atoms with van der Waals surface area (Å²) in [6, 6.07) is 4.76. The van der Waals surface area contributed by atoms with Gasteiger partial charge in [-0.3, -0.25) is 21.0 Å². The first-order chi connectivity index (χ1) is 7.30. The molecule has 1 rings (SSSR count). The van der Waals surface area contributed by atoms with Crippen molar-refractivity contribution in [2.75, 3.05) is 0 Å². The Morgan fingerprint density at radius 3 is 1.58 bits per heavy atom. The van der Waals surface area contributed by atoms with Crippen LogP contribution in [0.4, 0.5) is 0 Å². The van der Waals surface area contributed by atoms with Gasteiger partial charge in [0.2, 0.25) is 0 Å². The standard InChI is InChI=1S/C6H5NO2.2K.2H2O2.2H2O.O.V.2H/c8-6(9)5-3-1-2-4-7-5;;;2*1-2;;;;;;/h1-4H,(H,8,9);;;2*1-2H;2*1H2;;;;/q;2*+1;;;;;;;2*-1. The minimum atomic E-state index is -0.990. The van der Waals surface area contributed by atoms with Crippen LogP contribution in [0.5, 0.6) is 0 Å². The normalized spacial score (nSPS) is 5.00. The zero-order chi connectivity index (χ0) is 12.7. The molecule has 0 bridgehead atoms. The number of hydrogen-bond donors (Lipinski definition) is 5. The number of carbonyl (C=O) groups is 1. The van der Waals surface area contributed by atoms with Gasteiger partial charge in [-0.15, -0.1) is 0 Å². The van der Waals surface area contributed by atoms with Crippen LogP contribution in [0.1, 0.15) is 13.3 Å². The number of carboxylic acids is 1. The van der Waals surface area contributed by atoms with E-state index in [0.717, 1.165) is 17.4 Å². The number of rotatable bonds is 1. The van der Waals surface area contributed by atoms with Crippen molar-refractivity contribution in [2.24, 2.45) is 0 Å². The maximum atomic E-state index is 10.1. The second-order valence-corrected chi connectivity index (χ2v) is 1.52. The first kappa shape index (κ1) is 42.9. The van der Waals surface area contributed by atoms with E-state index in [1.165, 1.54) is 12.3 Å². The van der Waals surface area contributed by atoms with Crippen molar-refractivity contribution in [3.8, 4) is 0 Å². The maximum absolute atomic E-state index is 10.1. The molecule has 0 saturated heterocycles. The molecule has 0 amide bonds. The van der Waals surface area contributed by atoms with Crippen LogP contribution in [-0.4, -0.2) is 48.0 Å². The summed E-state index contributed by atoms with van der Waals surface area (Å²) >= 11 is 1.06.